The van der Waals surface area contributed by atoms with Gasteiger partial charge in [-0.05, 0) is 34.6 Å². The van der Waals surface area contributed by atoms with E-state index >= 15 is 0 Å². The molecular formula is C13H20F3N3O2. The fraction of sp³-hybridized carbons (Fsp3) is 0.692. The van der Waals surface area contributed by atoms with Crippen molar-refractivity contribution in [1.82, 2.24) is 14.9 Å². The standard InChI is InChI=1S/C13H20F3N3O2/c1-11(2,3)21-10(20)19(6)12(4,5)9-17-7-8(18-9)13(14,15)16/h7H,1-6H3,(H,17,18). The molecular weight excluding hydrogens is 287 g/mol. The summed E-state index contributed by atoms with van der Waals surface area (Å²) >= 11 is 0. The summed E-state index contributed by atoms with van der Waals surface area (Å²) in [4.78, 5) is 19.2. The largest absolute Gasteiger partial charge is 0.444 e. The van der Waals surface area contributed by atoms with E-state index in [1.54, 1.807) is 34.6 Å². The summed E-state index contributed by atoms with van der Waals surface area (Å²) in [6, 6.07) is 0. The second kappa shape index (κ2) is 5.23. The molecule has 0 saturated heterocycles. The summed E-state index contributed by atoms with van der Waals surface area (Å²) in [6.45, 7) is 8.28. The van der Waals surface area contributed by atoms with E-state index in [1.807, 2.05) is 0 Å². The molecule has 8 heteroatoms. The lowest BCUT2D eigenvalue weighted by Crippen LogP contribution is -2.45. The topological polar surface area (TPSA) is 58.2 Å². The Morgan fingerprint density at radius 1 is 1.24 bits per heavy atom. The van der Waals surface area contributed by atoms with Gasteiger partial charge in [-0.3, -0.25) is 4.90 Å². The Kier molecular flexibility index (Phi) is 4.32. The van der Waals surface area contributed by atoms with Crippen LogP contribution < -0.4 is 0 Å². The summed E-state index contributed by atoms with van der Waals surface area (Å²) in [6.07, 6.45) is -4.44. The highest BCUT2D eigenvalue weighted by molar-refractivity contribution is 5.68. The summed E-state index contributed by atoms with van der Waals surface area (Å²) in [7, 11) is 1.45. The van der Waals surface area contributed by atoms with Gasteiger partial charge in [-0.15, -0.1) is 0 Å². The number of aromatic nitrogens is 2. The maximum Gasteiger partial charge on any atom is 0.432 e. The Balaban J connectivity index is 2.99. The van der Waals surface area contributed by atoms with Gasteiger partial charge in [-0.25, -0.2) is 9.78 Å². The van der Waals surface area contributed by atoms with Crippen LogP contribution in [0.2, 0.25) is 0 Å². The third-order valence-electron chi connectivity index (χ3n) is 2.97. The number of H-pyrrole nitrogens is 1. The lowest BCUT2D eigenvalue weighted by molar-refractivity contribution is -0.141. The molecule has 1 aromatic heterocycles. The second-order valence-electron chi connectivity index (χ2n) is 6.24. The summed E-state index contributed by atoms with van der Waals surface area (Å²) < 4.78 is 43.0. The molecule has 0 spiro atoms. The molecule has 1 N–H and O–H groups in total. The predicted octanol–water partition coefficient (Wildman–Crippen LogP) is 3.53. The number of amides is 1. The number of alkyl halides is 3. The number of rotatable bonds is 2. The van der Waals surface area contributed by atoms with Gasteiger partial charge in [0.2, 0.25) is 0 Å². The van der Waals surface area contributed by atoms with Crippen molar-refractivity contribution in [1.29, 1.82) is 0 Å². The molecule has 1 aromatic rings. The molecule has 0 aliphatic heterocycles. The lowest BCUT2D eigenvalue weighted by atomic mass is 10.0. The van der Waals surface area contributed by atoms with E-state index in [1.165, 1.54) is 11.9 Å². The van der Waals surface area contributed by atoms with Gasteiger partial charge in [0.1, 0.15) is 17.1 Å². The van der Waals surface area contributed by atoms with Crippen molar-refractivity contribution in [2.75, 3.05) is 7.05 Å². The molecule has 1 amide bonds. The van der Waals surface area contributed by atoms with Gasteiger partial charge in [0.15, 0.2) is 0 Å². The smallest absolute Gasteiger partial charge is 0.432 e. The van der Waals surface area contributed by atoms with E-state index in [0.29, 0.717) is 6.20 Å². The van der Waals surface area contributed by atoms with E-state index in [0.717, 1.165) is 0 Å². The van der Waals surface area contributed by atoms with Crippen LogP contribution in [-0.2, 0) is 16.5 Å². The zero-order valence-corrected chi connectivity index (χ0v) is 12.9. The van der Waals surface area contributed by atoms with E-state index in [-0.39, 0.29) is 5.82 Å². The molecule has 0 unspecified atom stereocenters. The average Bonchev–Trinajstić information content (AvgIpc) is 2.74. The Morgan fingerprint density at radius 2 is 1.76 bits per heavy atom. The maximum atomic E-state index is 12.6. The summed E-state index contributed by atoms with van der Waals surface area (Å²) in [5.74, 6) is 0.0307. The number of ether oxygens (including phenoxy) is 1. The van der Waals surface area contributed by atoms with Crippen LogP contribution in [0.1, 0.15) is 46.1 Å². The van der Waals surface area contributed by atoms with E-state index in [9.17, 15) is 18.0 Å². The van der Waals surface area contributed by atoms with Gasteiger partial charge >= 0.3 is 12.3 Å². The number of nitrogens with one attached hydrogen (secondary N) is 1. The zero-order valence-electron chi connectivity index (χ0n) is 12.9. The minimum atomic E-state index is -4.51. The number of halogens is 3. The number of aromatic amines is 1. The predicted molar refractivity (Wildman–Crippen MR) is 70.6 cm³/mol. The van der Waals surface area contributed by atoms with Gasteiger partial charge in [-0.1, -0.05) is 0 Å². The fourth-order valence-electron chi connectivity index (χ4n) is 1.49. The average molecular weight is 307 g/mol. The molecule has 120 valence electrons. The van der Waals surface area contributed by atoms with Crippen LogP contribution in [0.15, 0.2) is 6.20 Å². The van der Waals surface area contributed by atoms with E-state index < -0.39 is 29.1 Å². The van der Waals surface area contributed by atoms with Gasteiger partial charge in [0.05, 0.1) is 11.7 Å². The first-order valence-electron chi connectivity index (χ1n) is 6.34. The Bertz CT molecular complexity index is 515. The van der Waals surface area contributed by atoms with Crippen molar-refractivity contribution in [3.63, 3.8) is 0 Å². The minimum Gasteiger partial charge on any atom is -0.444 e. The number of nitrogens with zero attached hydrogens (tertiary/aromatic N) is 2. The van der Waals surface area contributed by atoms with Crippen molar-refractivity contribution >= 4 is 6.09 Å². The SMILES string of the molecule is CN(C(=O)OC(C)(C)C)C(C)(C)c1ncc(C(F)(F)F)[nH]1. The van der Waals surface area contributed by atoms with E-state index in [2.05, 4.69) is 9.97 Å². The third kappa shape index (κ3) is 4.12. The van der Waals surface area contributed by atoms with Gasteiger partial charge in [-0.2, -0.15) is 13.2 Å². The first kappa shape index (κ1) is 17.3. The Labute approximate surface area is 121 Å². The van der Waals surface area contributed by atoms with Crippen LogP contribution in [0, 0.1) is 0 Å². The first-order valence-corrected chi connectivity index (χ1v) is 6.34. The molecule has 1 heterocycles. The molecule has 1 rings (SSSR count). The quantitative estimate of drug-likeness (QED) is 0.909. The fourth-order valence-corrected chi connectivity index (χ4v) is 1.49. The number of carbonyl (C=O) groups is 1. The lowest BCUT2D eigenvalue weighted by Gasteiger charge is -2.35. The number of hydrogen-bond acceptors (Lipinski definition) is 3. The molecule has 0 bridgehead atoms. The van der Waals surface area contributed by atoms with Crippen molar-refractivity contribution in [3.8, 4) is 0 Å². The van der Waals surface area contributed by atoms with Gasteiger partial charge in [0.25, 0.3) is 0 Å². The highest BCUT2D eigenvalue weighted by atomic mass is 19.4. The Hall–Kier alpha value is -1.73. The maximum absolute atomic E-state index is 12.6. The summed E-state index contributed by atoms with van der Waals surface area (Å²) in [5, 5.41) is 0. The zero-order chi connectivity index (χ0) is 16.6. The van der Waals surface area contributed by atoms with Crippen LogP contribution >= 0.6 is 0 Å². The number of carbonyl (C=O) groups excluding carboxylic acids is 1. The molecule has 0 atom stereocenters. The van der Waals surface area contributed by atoms with Crippen LogP contribution in [-0.4, -0.2) is 33.6 Å². The number of hydrogen-bond donors (Lipinski definition) is 1. The molecule has 0 fully saturated rings. The Morgan fingerprint density at radius 3 is 2.14 bits per heavy atom. The summed E-state index contributed by atoms with van der Waals surface area (Å²) in [5.41, 5.74) is -2.73. The number of imidazole rings is 1. The molecule has 21 heavy (non-hydrogen) atoms. The molecule has 5 nitrogen and oxygen atoms in total. The molecule has 0 radical (unpaired) electrons. The van der Waals surface area contributed by atoms with Crippen LogP contribution in [0.25, 0.3) is 0 Å². The molecule has 0 aromatic carbocycles. The van der Waals surface area contributed by atoms with Crippen molar-refractivity contribution in [3.05, 3.63) is 17.7 Å². The van der Waals surface area contributed by atoms with Crippen molar-refractivity contribution in [2.24, 2.45) is 0 Å². The normalized spacial score (nSPS) is 13.2. The first-order chi connectivity index (χ1) is 9.25. The highest BCUT2D eigenvalue weighted by Crippen LogP contribution is 2.31. The molecule has 0 aliphatic carbocycles. The van der Waals surface area contributed by atoms with Gasteiger partial charge < -0.3 is 9.72 Å². The van der Waals surface area contributed by atoms with Crippen LogP contribution in [0.3, 0.4) is 0 Å². The molecule has 0 aliphatic rings. The van der Waals surface area contributed by atoms with E-state index in [4.69, 9.17) is 4.74 Å². The van der Waals surface area contributed by atoms with Crippen molar-refractivity contribution < 1.29 is 22.7 Å². The van der Waals surface area contributed by atoms with Crippen LogP contribution in [0.5, 0.6) is 0 Å². The monoisotopic (exact) mass is 307 g/mol. The molecule has 0 saturated carbocycles. The highest BCUT2D eigenvalue weighted by Gasteiger charge is 2.38. The second-order valence-corrected chi connectivity index (χ2v) is 6.24. The van der Waals surface area contributed by atoms with Gasteiger partial charge in [0, 0.05) is 7.05 Å². The third-order valence-corrected chi connectivity index (χ3v) is 2.97. The van der Waals surface area contributed by atoms with Crippen molar-refractivity contribution in [2.45, 2.75) is 51.9 Å². The minimum absolute atomic E-state index is 0.0307. The van der Waals surface area contributed by atoms with Crippen LogP contribution in [0.4, 0.5) is 18.0 Å².